The summed E-state index contributed by atoms with van der Waals surface area (Å²) in [4.78, 5) is 14.7. The first-order valence-electron chi connectivity index (χ1n) is 10.00. The number of aryl methyl sites for hydroxylation is 1. The van der Waals surface area contributed by atoms with Gasteiger partial charge < -0.3 is 9.88 Å². The van der Waals surface area contributed by atoms with Crippen LogP contribution in [0.15, 0.2) is 42.5 Å². The average Bonchev–Trinajstić information content (AvgIpc) is 3.00. The minimum absolute atomic E-state index is 0.0782. The maximum Gasteiger partial charge on any atom is 0.326 e. The fourth-order valence-corrected chi connectivity index (χ4v) is 3.75. The predicted octanol–water partition coefficient (Wildman–Crippen LogP) is 4.91. The second kappa shape index (κ2) is 9.14. The maximum atomic E-state index is 13.5. The van der Waals surface area contributed by atoms with Crippen molar-refractivity contribution in [3.8, 4) is 6.07 Å². The van der Waals surface area contributed by atoms with Crippen LogP contribution < -0.4 is 10.2 Å². The van der Waals surface area contributed by atoms with Crippen molar-refractivity contribution in [2.24, 2.45) is 0 Å². The van der Waals surface area contributed by atoms with E-state index in [2.05, 4.69) is 26.2 Å². The van der Waals surface area contributed by atoms with Crippen LogP contribution in [-0.4, -0.2) is 20.8 Å². The van der Waals surface area contributed by atoms with Crippen molar-refractivity contribution in [1.29, 1.82) is 5.26 Å². The third-order valence-electron chi connectivity index (χ3n) is 5.21. The van der Waals surface area contributed by atoms with Gasteiger partial charge in [0.2, 0.25) is 0 Å². The fourth-order valence-electron chi connectivity index (χ4n) is 3.56. The number of carbonyl (C=O) groups is 1. The molecule has 1 aromatic heterocycles. The van der Waals surface area contributed by atoms with Crippen molar-refractivity contribution in [3.05, 3.63) is 70.5 Å². The molecule has 2 aromatic carbocycles. The molecule has 0 bridgehead atoms. The number of nitriles is 1. The van der Waals surface area contributed by atoms with Crippen LogP contribution in [0.1, 0.15) is 36.5 Å². The van der Waals surface area contributed by atoms with Crippen LogP contribution in [0.4, 0.5) is 20.6 Å². The molecule has 0 unspecified atom stereocenters. The van der Waals surface area contributed by atoms with Gasteiger partial charge in [0.15, 0.2) is 5.82 Å². The first kappa shape index (κ1) is 20.8. The number of benzene rings is 2. The molecule has 2 amide bonds. The summed E-state index contributed by atoms with van der Waals surface area (Å²) >= 11 is 5.85. The predicted molar refractivity (Wildman–Crippen MR) is 115 cm³/mol. The highest BCUT2D eigenvalue weighted by molar-refractivity contribution is 6.31. The summed E-state index contributed by atoms with van der Waals surface area (Å²) in [6.45, 7) is 1.01. The van der Waals surface area contributed by atoms with Crippen LogP contribution in [0.3, 0.4) is 0 Å². The lowest BCUT2D eigenvalue weighted by atomic mass is 10.2. The van der Waals surface area contributed by atoms with Crippen LogP contribution >= 0.6 is 11.6 Å². The number of aromatic nitrogens is 3. The summed E-state index contributed by atoms with van der Waals surface area (Å²) in [5.41, 5.74) is 1.46. The van der Waals surface area contributed by atoms with Crippen molar-refractivity contribution < 1.29 is 9.18 Å². The molecule has 0 aliphatic carbocycles. The van der Waals surface area contributed by atoms with Crippen LogP contribution in [0, 0.1) is 17.1 Å². The maximum absolute atomic E-state index is 13.5. The molecule has 7 nitrogen and oxygen atoms in total. The van der Waals surface area contributed by atoms with E-state index in [9.17, 15) is 9.18 Å². The molecule has 158 valence electrons. The Bertz CT molecular complexity index is 1140. The van der Waals surface area contributed by atoms with E-state index in [0.29, 0.717) is 22.8 Å². The van der Waals surface area contributed by atoms with Crippen molar-refractivity contribution in [2.45, 2.75) is 38.8 Å². The Balaban J connectivity index is 1.64. The van der Waals surface area contributed by atoms with E-state index in [4.69, 9.17) is 16.9 Å². The third kappa shape index (κ3) is 4.67. The van der Waals surface area contributed by atoms with Crippen LogP contribution in [0.5, 0.6) is 0 Å². The normalized spacial score (nSPS) is 13.1. The van der Waals surface area contributed by atoms with Gasteiger partial charge in [-0.1, -0.05) is 18.0 Å². The van der Waals surface area contributed by atoms with Gasteiger partial charge in [-0.3, -0.25) is 4.90 Å². The zero-order chi connectivity index (χ0) is 21.8. The number of halogens is 2. The molecule has 0 radical (unpaired) electrons. The van der Waals surface area contributed by atoms with Gasteiger partial charge in [-0.2, -0.15) is 5.26 Å². The number of nitrogens with one attached hydrogen (secondary N) is 1. The van der Waals surface area contributed by atoms with E-state index in [0.717, 1.165) is 38.1 Å². The van der Waals surface area contributed by atoms with Crippen LogP contribution in [-0.2, 0) is 19.5 Å². The Kier molecular flexibility index (Phi) is 6.14. The SMILES string of the molecule is N#Cc1ccc(N(Cc2nnc3n2CCCCC3)C(=O)Nc2ccc(F)c(Cl)c2)cc1. The number of fused-ring (bicyclic) bond motifs is 1. The lowest BCUT2D eigenvalue weighted by Gasteiger charge is -2.23. The quantitative estimate of drug-likeness (QED) is 0.627. The largest absolute Gasteiger partial charge is 0.326 e. The second-order valence-electron chi connectivity index (χ2n) is 7.30. The molecule has 0 fully saturated rings. The topological polar surface area (TPSA) is 86.8 Å². The van der Waals surface area contributed by atoms with Crippen LogP contribution in [0.25, 0.3) is 0 Å². The third-order valence-corrected chi connectivity index (χ3v) is 5.50. The van der Waals surface area contributed by atoms with E-state index in [1.165, 1.54) is 23.1 Å². The molecule has 9 heteroatoms. The second-order valence-corrected chi connectivity index (χ2v) is 7.71. The molecule has 0 saturated heterocycles. The molecule has 2 heterocycles. The molecule has 0 spiro atoms. The van der Waals surface area contributed by atoms with Gasteiger partial charge in [0.1, 0.15) is 11.6 Å². The minimum Gasteiger partial charge on any atom is -0.313 e. The number of nitrogens with zero attached hydrogens (tertiary/aromatic N) is 5. The molecule has 3 aromatic rings. The van der Waals surface area contributed by atoms with Crippen molar-refractivity contribution in [1.82, 2.24) is 14.8 Å². The first-order valence-corrected chi connectivity index (χ1v) is 10.4. The van der Waals surface area contributed by atoms with E-state index in [-0.39, 0.29) is 11.6 Å². The van der Waals surface area contributed by atoms with Gasteiger partial charge in [-0.15, -0.1) is 10.2 Å². The van der Waals surface area contributed by atoms with Gasteiger partial charge in [0.05, 0.1) is 23.2 Å². The number of carbonyl (C=O) groups excluding carboxylic acids is 1. The number of urea groups is 1. The van der Waals surface area contributed by atoms with Crippen LogP contribution in [0.2, 0.25) is 5.02 Å². The summed E-state index contributed by atoms with van der Waals surface area (Å²) in [5, 5.41) is 20.4. The number of amides is 2. The smallest absolute Gasteiger partial charge is 0.313 e. The average molecular weight is 439 g/mol. The number of rotatable bonds is 4. The van der Waals surface area contributed by atoms with E-state index < -0.39 is 11.8 Å². The summed E-state index contributed by atoms with van der Waals surface area (Å²) in [6.07, 6.45) is 4.11. The highest BCUT2D eigenvalue weighted by Crippen LogP contribution is 2.23. The molecular weight excluding hydrogens is 419 g/mol. The van der Waals surface area contributed by atoms with Gasteiger partial charge in [-0.05, 0) is 55.3 Å². The number of hydrogen-bond acceptors (Lipinski definition) is 4. The van der Waals surface area contributed by atoms with Gasteiger partial charge in [0, 0.05) is 24.3 Å². The van der Waals surface area contributed by atoms with Crippen molar-refractivity contribution >= 4 is 29.0 Å². The molecule has 1 aliphatic rings. The van der Waals surface area contributed by atoms with Gasteiger partial charge >= 0.3 is 6.03 Å². The molecular formula is C22H20ClFN6O. The fraction of sp³-hybridized carbons (Fsp3) is 0.273. The lowest BCUT2D eigenvalue weighted by molar-refractivity contribution is 0.256. The van der Waals surface area contributed by atoms with E-state index in [1.54, 1.807) is 24.3 Å². The molecule has 31 heavy (non-hydrogen) atoms. The Hall–Kier alpha value is -3.44. The molecule has 0 saturated carbocycles. The Labute approximate surface area is 184 Å². The summed E-state index contributed by atoms with van der Waals surface area (Å²) in [6, 6.07) is 12.3. The molecule has 0 atom stereocenters. The molecule has 4 rings (SSSR count). The number of hydrogen-bond donors (Lipinski definition) is 1. The standard InChI is InChI=1S/C22H20ClFN6O/c23-18-12-16(7-10-19(18)24)26-22(31)30(17-8-5-15(13-25)6-9-17)14-21-28-27-20-4-2-1-3-11-29(20)21/h5-10,12H,1-4,11,14H2,(H,26,31). The monoisotopic (exact) mass is 438 g/mol. The molecule has 1 N–H and O–H groups in total. The summed E-state index contributed by atoms with van der Waals surface area (Å²) < 4.78 is 15.6. The highest BCUT2D eigenvalue weighted by Gasteiger charge is 2.22. The Morgan fingerprint density at radius 2 is 2.00 bits per heavy atom. The summed E-state index contributed by atoms with van der Waals surface area (Å²) in [5.74, 6) is 1.06. The number of anilines is 2. The lowest BCUT2D eigenvalue weighted by Crippen LogP contribution is -2.35. The summed E-state index contributed by atoms with van der Waals surface area (Å²) in [7, 11) is 0. The first-order chi connectivity index (χ1) is 15.0. The van der Waals surface area contributed by atoms with Crippen molar-refractivity contribution in [3.63, 3.8) is 0 Å². The van der Waals surface area contributed by atoms with E-state index >= 15 is 0 Å². The van der Waals surface area contributed by atoms with Gasteiger partial charge in [-0.25, -0.2) is 9.18 Å². The van der Waals surface area contributed by atoms with E-state index in [1.807, 2.05) is 0 Å². The Morgan fingerprint density at radius 1 is 1.19 bits per heavy atom. The van der Waals surface area contributed by atoms with Crippen molar-refractivity contribution in [2.75, 3.05) is 10.2 Å². The zero-order valence-electron chi connectivity index (χ0n) is 16.7. The Morgan fingerprint density at radius 3 is 2.74 bits per heavy atom. The molecule has 1 aliphatic heterocycles. The minimum atomic E-state index is -0.560. The van der Waals surface area contributed by atoms with Gasteiger partial charge in [0.25, 0.3) is 0 Å². The zero-order valence-corrected chi connectivity index (χ0v) is 17.4. The highest BCUT2D eigenvalue weighted by atomic mass is 35.5.